The second-order valence-corrected chi connectivity index (χ2v) is 7.78. The molecular formula is C15H25N3OS. The van der Waals surface area contributed by atoms with Crippen LogP contribution in [0, 0.1) is 11.8 Å². The molecule has 0 amide bonds. The Morgan fingerprint density at radius 3 is 2.60 bits per heavy atom. The molecule has 0 unspecified atom stereocenters. The molecule has 3 rings (SSSR count). The highest BCUT2D eigenvalue weighted by molar-refractivity contribution is 7.15. The number of aliphatic hydroxyl groups is 1. The zero-order valence-corrected chi connectivity index (χ0v) is 13.5. The first kappa shape index (κ1) is 14.3. The Kier molecular flexibility index (Phi) is 3.75. The number of hydrogen-bond donors (Lipinski definition) is 1. The van der Waals surface area contributed by atoms with Crippen molar-refractivity contribution in [3.05, 3.63) is 5.01 Å². The number of nitrogens with zero attached hydrogens (tertiary/aromatic N) is 3. The van der Waals surface area contributed by atoms with Crippen molar-refractivity contribution in [1.82, 2.24) is 10.2 Å². The third-order valence-electron chi connectivity index (χ3n) is 5.14. The molecule has 2 heterocycles. The smallest absolute Gasteiger partial charge is 0.208 e. The Bertz CT molecular complexity index is 471. The van der Waals surface area contributed by atoms with Crippen LogP contribution in [-0.2, 0) is 0 Å². The molecule has 20 heavy (non-hydrogen) atoms. The van der Waals surface area contributed by atoms with Crippen LogP contribution in [0.1, 0.15) is 57.4 Å². The van der Waals surface area contributed by atoms with Crippen molar-refractivity contribution >= 4 is 16.5 Å². The van der Waals surface area contributed by atoms with Gasteiger partial charge in [-0.25, -0.2) is 0 Å². The van der Waals surface area contributed by atoms with E-state index in [4.69, 9.17) is 0 Å². The van der Waals surface area contributed by atoms with Crippen molar-refractivity contribution in [2.24, 2.45) is 11.8 Å². The minimum absolute atomic E-state index is 0.313. The van der Waals surface area contributed by atoms with E-state index in [0.29, 0.717) is 17.8 Å². The summed E-state index contributed by atoms with van der Waals surface area (Å²) in [6.45, 7) is 8.30. The van der Waals surface area contributed by atoms with E-state index >= 15 is 0 Å². The van der Waals surface area contributed by atoms with Crippen molar-refractivity contribution in [2.45, 2.75) is 58.0 Å². The van der Waals surface area contributed by atoms with Crippen LogP contribution in [-0.4, -0.2) is 34.0 Å². The Hall–Kier alpha value is -0.680. The molecule has 0 bridgehead atoms. The molecule has 5 heteroatoms. The Balaban J connectivity index is 1.69. The summed E-state index contributed by atoms with van der Waals surface area (Å²) < 4.78 is 0. The third-order valence-corrected chi connectivity index (χ3v) is 6.42. The van der Waals surface area contributed by atoms with Gasteiger partial charge in [0.15, 0.2) is 0 Å². The lowest BCUT2D eigenvalue weighted by molar-refractivity contribution is -0.102. The number of aromatic nitrogens is 2. The second-order valence-electron chi connectivity index (χ2n) is 6.79. The Morgan fingerprint density at radius 2 is 2.10 bits per heavy atom. The fraction of sp³-hybridized carbons (Fsp3) is 0.867. The molecule has 0 radical (unpaired) electrons. The number of piperidine rings is 1. The summed E-state index contributed by atoms with van der Waals surface area (Å²) in [6, 6.07) is 0. The maximum absolute atomic E-state index is 11.0. The average Bonchev–Trinajstić information content (AvgIpc) is 2.80. The summed E-state index contributed by atoms with van der Waals surface area (Å²) in [6.07, 6.45) is 4.57. The molecule has 0 aromatic carbocycles. The summed E-state index contributed by atoms with van der Waals surface area (Å²) in [7, 11) is 0. The molecule has 1 aliphatic carbocycles. The van der Waals surface area contributed by atoms with Crippen molar-refractivity contribution in [3.63, 3.8) is 0 Å². The van der Waals surface area contributed by atoms with Gasteiger partial charge in [0.25, 0.3) is 0 Å². The summed E-state index contributed by atoms with van der Waals surface area (Å²) in [4.78, 5) is 2.31. The third kappa shape index (κ3) is 2.35. The SMILES string of the molecule is CC(C)c1nnc(N2CC[C@@](O)(C3CCC3)[C@H](C)C2)s1. The fourth-order valence-electron chi connectivity index (χ4n) is 3.42. The first-order valence-electron chi connectivity index (χ1n) is 7.81. The zero-order chi connectivity index (χ0) is 14.3. The van der Waals surface area contributed by atoms with Crippen LogP contribution in [0.4, 0.5) is 5.13 Å². The van der Waals surface area contributed by atoms with Gasteiger partial charge in [-0.15, -0.1) is 10.2 Å². The van der Waals surface area contributed by atoms with Gasteiger partial charge < -0.3 is 10.0 Å². The van der Waals surface area contributed by atoms with Crippen LogP contribution in [0.3, 0.4) is 0 Å². The van der Waals surface area contributed by atoms with Gasteiger partial charge in [-0.2, -0.15) is 0 Å². The summed E-state index contributed by atoms with van der Waals surface area (Å²) in [5, 5.41) is 21.7. The lowest BCUT2D eigenvalue weighted by atomic mass is 9.65. The minimum Gasteiger partial charge on any atom is -0.389 e. The molecule has 2 aliphatic rings. The lowest BCUT2D eigenvalue weighted by Gasteiger charge is -2.50. The second kappa shape index (κ2) is 5.26. The van der Waals surface area contributed by atoms with Crippen LogP contribution in [0.2, 0.25) is 0 Å². The van der Waals surface area contributed by atoms with Crippen LogP contribution in [0.25, 0.3) is 0 Å². The molecule has 1 aromatic rings. The molecule has 1 aliphatic heterocycles. The number of anilines is 1. The summed E-state index contributed by atoms with van der Waals surface area (Å²) in [5.74, 6) is 1.28. The van der Waals surface area contributed by atoms with Gasteiger partial charge in [-0.05, 0) is 25.2 Å². The summed E-state index contributed by atoms with van der Waals surface area (Å²) in [5.41, 5.74) is -0.444. The Labute approximate surface area is 125 Å². The van der Waals surface area contributed by atoms with Crippen LogP contribution in [0.15, 0.2) is 0 Å². The lowest BCUT2D eigenvalue weighted by Crippen LogP contribution is -2.56. The topological polar surface area (TPSA) is 49.2 Å². The van der Waals surface area contributed by atoms with Crippen LogP contribution < -0.4 is 4.90 Å². The zero-order valence-electron chi connectivity index (χ0n) is 12.7. The highest BCUT2D eigenvalue weighted by Gasteiger charge is 2.47. The molecule has 1 aromatic heterocycles. The van der Waals surface area contributed by atoms with Crippen LogP contribution in [0.5, 0.6) is 0 Å². The highest BCUT2D eigenvalue weighted by atomic mass is 32.1. The molecule has 1 N–H and O–H groups in total. The largest absolute Gasteiger partial charge is 0.389 e. The van der Waals surface area contributed by atoms with E-state index in [1.165, 1.54) is 19.3 Å². The van der Waals surface area contributed by atoms with Gasteiger partial charge in [0, 0.05) is 24.9 Å². The first-order valence-corrected chi connectivity index (χ1v) is 8.63. The molecule has 112 valence electrons. The van der Waals surface area contributed by atoms with Crippen molar-refractivity contribution in [1.29, 1.82) is 0 Å². The van der Waals surface area contributed by atoms with E-state index in [9.17, 15) is 5.11 Å². The van der Waals surface area contributed by atoms with Gasteiger partial charge in [0.05, 0.1) is 5.60 Å². The summed E-state index contributed by atoms with van der Waals surface area (Å²) >= 11 is 1.70. The monoisotopic (exact) mass is 295 g/mol. The first-order chi connectivity index (χ1) is 9.50. The maximum Gasteiger partial charge on any atom is 0.208 e. The normalized spacial score (nSPS) is 31.6. The van der Waals surface area contributed by atoms with Crippen molar-refractivity contribution < 1.29 is 5.11 Å². The molecule has 1 saturated carbocycles. The van der Waals surface area contributed by atoms with Crippen molar-refractivity contribution in [3.8, 4) is 0 Å². The van der Waals surface area contributed by atoms with E-state index < -0.39 is 5.60 Å². The van der Waals surface area contributed by atoms with E-state index in [-0.39, 0.29) is 0 Å². The number of rotatable bonds is 3. The molecular weight excluding hydrogens is 270 g/mol. The van der Waals surface area contributed by atoms with E-state index in [2.05, 4.69) is 35.9 Å². The molecule has 2 fully saturated rings. The van der Waals surface area contributed by atoms with Gasteiger partial charge in [0.1, 0.15) is 5.01 Å². The number of hydrogen-bond acceptors (Lipinski definition) is 5. The van der Waals surface area contributed by atoms with Gasteiger partial charge in [-0.1, -0.05) is 38.5 Å². The average molecular weight is 295 g/mol. The van der Waals surface area contributed by atoms with Gasteiger partial charge in [-0.3, -0.25) is 0 Å². The van der Waals surface area contributed by atoms with E-state index in [1.54, 1.807) is 11.3 Å². The van der Waals surface area contributed by atoms with Crippen LogP contribution >= 0.6 is 11.3 Å². The molecule has 2 atom stereocenters. The molecule has 0 spiro atoms. The van der Waals surface area contributed by atoms with Gasteiger partial charge in [0.2, 0.25) is 5.13 Å². The predicted molar refractivity (Wildman–Crippen MR) is 82.3 cm³/mol. The molecule has 1 saturated heterocycles. The highest BCUT2D eigenvalue weighted by Crippen LogP contribution is 2.45. The van der Waals surface area contributed by atoms with E-state index in [0.717, 1.165) is 29.6 Å². The standard InChI is InChI=1S/C15H25N3OS/c1-10(2)13-16-17-14(20-13)18-8-7-15(19,11(3)9-18)12-5-4-6-12/h10-12,19H,4-9H2,1-3H3/t11-,15+/m1/s1. The van der Waals surface area contributed by atoms with E-state index in [1.807, 2.05) is 0 Å². The fourth-order valence-corrected chi connectivity index (χ4v) is 4.30. The van der Waals surface area contributed by atoms with Gasteiger partial charge >= 0.3 is 0 Å². The Morgan fingerprint density at radius 1 is 1.35 bits per heavy atom. The molecule has 4 nitrogen and oxygen atoms in total. The minimum atomic E-state index is -0.444. The maximum atomic E-state index is 11.0. The predicted octanol–water partition coefficient (Wildman–Crippen LogP) is 3.04. The quantitative estimate of drug-likeness (QED) is 0.931. The van der Waals surface area contributed by atoms with Crippen molar-refractivity contribution in [2.75, 3.05) is 18.0 Å².